The Balaban J connectivity index is 1.11. The zero-order valence-electron chi connectivity index (χ0n) is 20.1. The van der Waals surface area contributed by atoms with Gasteiger partial charge in [-0.15, -0.1) is 5.10 Å². The van der Waals surface area contributed by atoms with Crippen molar-refractivity contribution in [3.63, 3.8) is 0 Å². The minimum Gasteiger partial charge on any atom is -0.493 e. The number of benzene rings is 3. The lowest BCUT2D eigenvalue weighted by Gasteiger charge is -2.12. The average molecular weight is 516 g/mol. The minimum atomic E-state index is 0.256. The number of para-hydroxylation sites is 2. The molecule has 1 N–H and O–H groups in total. The molecule has 3 aromatic carbocycles. The van der Waals surface area contributed by atoms with Crippen LogP contribution in [-0.4, -0.2) is 59.8 Å². The largest absolute Gasteiger partial charge is 0.493 e. The number of nitrogens with zero attached hydrogens (tertiary/aromatic N) is 8. The van der Waals surface area contributed by atoms with E-state index in [1.807, 2.05) is 78.9 Å². The van der Waals surface area contributed by atoms with Crippen LogP contribution in [0.15, 0.2) is 84.0 Å². The van der Waals surface area contributed by atoms with E-state index in [9.17, 15) is 0 Å². The quantitative estimate of drug-likeness (QED) is 0.195. The van der Waals surface area contributed by atoms with Gasteiger partial charge >= 0.3 is 6.01 Å². The van der Waals surface area contributed by atoms with Crippen molar-refractivity contribution in [1.82, 2.24) is 45.7 Å². The molecule has 0 radical (unpaired) electrons. The van der Waals surface area contributed by atoms with Crippen LogP contribution in [0.4, 0.5) is 0 Å². The van der Waals surface area contributed by atoms with E-state index < -0.39 is 0 Å². The van der Waals surface area contributed by atoms with E-state index in [-0.39, 0.29) is 6.01 Å². The normalized spacial score (nSPS) is 10.9. The van der Waals surface area contributed by atoms with Crippen molar-refractivity contribution < 1.29 is 9.47 Å². The van der Waals surface area contributed by atoms with Crippen molar-refractivity contribution >= 4 is 11.8 Å². The summed E-state index contributed by atoms with van der Waals surface area (Å²) in [6.07, 6.45) is 0.965. The second-order valence-corrected chi connectivity index (χ2v) is 8.95. The van der Waals surface area contributed by atoms with Gasteiger partial charge in [0.05, 0.1) is 18.5 Å². The maximum atomic E-state index is 5.98. The Hall–Kier alpha value is -4.29. The van der Waals surface area contributed by atoms with E-state index in [1.54, 1.807) is 23.6 Å². The molecule has 11 nitrogen and oxygen atoms in total. The Kier molecular flexibility index (Phi) is 7.98. The lowest BCUT2D eigenvalue weighted by atomic mass is 10.2. The van der Waals surface area contributed by atoms with Gasteiger partial charge in [0.25, 0.3) is 0 Å². The monoisotopic (exact) mass is 515 g/mol. The number of thioether (sulfide) groups is 1. The van der Waals surface area contributed by atoms with E-state index >= 15 is 0 Å². The first kappa shape index (κ1) is 24.4. The van der Waals surface area contributed by atoms with Crippen LogP contribution in [0.1, 0.15) is 12.0 Å². The first-order valence-electron chi connectivity index (χ1n) is 11.7. The third-order valence-electron chi connectivity index (χ3n) is 5.37. The van der Waals surface area contributed by atoms with Gasteiger partial charge in [0.1, 0.15) is 0 Å². The van der Waals surface area contributed by atoms with Gasteiger partial charge in [-0.25, -0.2) is 0 Å². The molecule has 0 bridgehead atoms. The molecule has 0 amide bonds. The Morgan fingerprint density at radius 1 is 0.811 bits per heavy atom. The number of ether oxygens (including phenoxy) is 2. The predicted octanol–water partition coefficient (Wildman–Crippen LogP) is 3.71. The lowest BCUT2D eigenvalue weighted by molar-refractivity contribution is 0.362. The molecule has 0 atom stereocenters. The molecular weight excluding hydrogens is 490 g/mol. The molecule has 0 fully saturated rings. The molecule has 0 saturated heterocycles. The number of nitrogens with one attached hydrogen (secondary N) is 1. The van der Waals surface area contributed by atoms with Crippen LogP contribution < -0.4 is 14.8 Å². The van der Waals surface area contributed by atoms with Crippen molar-refractivity contribution in [1.29, 1.82) is 0 Å². The summed E-state index contributed by atoms with van der Waals surface area (Å²) in [5.74, 6) is 2.03. The van der Waals surface area contributed by atoms with E-state index in [2.05, 4.69) is 36.4 Å². The Bertz CT molecular complexity index is 1410. The van der Waals surface area contributed by atoms with Crippen LogP contribution in [0.5, 0.6) is 17.5 Å². The summed E-state index contributed by atoms with van der Waals surface area (Å²) in [7, 11) is 1.61. The van der Waals surface area contributed by atoms with Gasteiger partial charge in [0, 0.05) is 12.3 Å². The summed E-state index contributed by atoms with van der Waals surface area (Å²) in [4.78, 5) is 0. The Labute approximate surface area is 217 Å². The highest BCUT2D eigenvalue weighted by molar-refractivity contribution is 7.99. The van der Waals surface area contributed by atoms with Crippen molar-refractivity contribution in [2.45, 2.75) is 18.1 Å². The number of methoxy groups -OCH3 is 1. The number of hydrogen-bond acceptors (Lipinski definition) is 10. The molecule has 37 heavy (non-hydrogen) atoms. The molecular formula is C25H25N9O2S. The van der Waals surface area contributed by atoms with Crippen LogP contribution in [0.3, 0.4) is 0 Å². The van der Waals surface area contributed by atoms with E-state index in [0.717, 1.165) is 40.8 Å². The Morgan fingerprint density at radius 2 is 1.51 bits per heavy atom. The standard InChI is InChI=1S/C25H25N9O2S/c1-35-23-17-19(13-14-22(23)36-24-27-29-31-33(24)20-9-4-2-5-10-20)18-26-15-8-16-37-25-28-30-32-34(25)21-11-6-3-7-12-21/h2-7,9-14,17,26H,8,15-16,18H2,1H3. The first-order valence-corrected chi connectivity index (χ1v) is 12.7. The molecule has 12 heteroatoms. The topological polar surface area (TPSA) is 118 Å². The van der Waals surface area contributed by atoms with E-state index in [1.165, 1.54) is 4.68 Å². The zero-order valence-corrected chi connectivity index (χ0v) is 21.0. The maximum Gasteiger partial charge on any atom is 0.346 e. The molecule has 0 unspecified atom stereocenters. The summed E-state index contributed by atoms with van der Waals surface area (Å²) in [5, 5.41) is 28.1. The molecule has 0 aliphatic rings. The second kappa shape index (κ2) is 12.1. The molecule has 5 aromatic rings. The average Bonchev–Trinajstić information content (AvgIpc) is 3.62. The van der Waals surface area contributed by atoms with Gasteiger partial charge in [0.2, 0.25) is 5.16 Å². The predicted molar refractivity (Wildman–Crippen MR) is 138 cm³/mol. The van der Waals surface area contributed by atoms with Crippen LogP contribution in [-0.2, 0) is 6.54 Å². The maximum absolute atomic E-state index is 5.98. The van der Waals surface area contributed by atoms with Gasteiger partial charge in [-0.2, -0.15) is 9.36 Å². The highest BCUT2D eigenvalue weighted by Crippen LogP contribution is 2.32. The van der Waals surface area contributed by atoms with Crippen molar-refractivity contribution in [2.24, 2.45) is 0 Å². The molecule has 0 spiro atoms. The van der Waals surface area contributed by atoms with Gasteiger partial charge in [0.15, 0.2) is 11.5 Å². The zero-order chi connectivity index (χ0) is 25.3. The van der Waals surface area contributed by atoms with Crippen LogP contribution in [0, 0.1) is 0 Å². The van der Waals surface area contributed by atoms with E-state index in [0.29, 0.717) is 18.0 Å². The summed E-state index contributed by atoms with van der Waals surface area (Å²) >= 11 is 1.64. The number of hydrogen-bond donors (Lipinski definition) is 1. The number of rotatable bonds is 12. The lowest BCUT2D eigenvalue weighted by Crippen LogP contribution is -2.15. The molecule has 0 saturated carbocycles. The fourth-order valence-electron chi connectivity index (χ4n) is 3.57. The highest BCUT2D eigenvalue weighted by atomic mass is 32.2. The molecule has 0 aliphatic carbocycles. The van der Waals surface area contributed by atoms with Gasteiger partial charge in [-0.3, -0.25) is 0 Å². The fraction of sp³-hybridized carbons (Fsp3) is 0.200. The Morgan fingerprint density at radius 3 is 2.27 bits per heavy atom. The molecule has 5 rings (SSSR count). The van der Waals surface area contributed by atoms with Crippen molar-refractivity contribution in [3.05, 3.63) is 84.4 Å². The molecule has 2 aromatic heterocycles. The summed E-state index contributed by atoms with van der Waals surface area (Å²) in [6.45, 7) is 1.55. The van der Waals surface area contributed by atoms with Gasteiger partial charge in [-0.05, 0) is 75.8 Å². The first-order chi connectivity index (χ1) is 18.3. The SMILES string of the molecule is COc1cc(CNCCCSc2nnnn2-c2ccccc2)ccc1Oc1nnnn1-c1ccccc1. The third-order valence-corrected chi connectivity index (χ3v) is 6.38. The van der Waals surface area contributed by atoms with Crippen molar-refractivity contribution in [3.8, 4) is 28.9 Å². The number of tetrazole rings is 2. The fourth-order valence-corrected chi connectivity index (χ4v) is 4.40. The molecule has 188 valence electrons. The number of aromatic nitrogens is 8. The summed E-state index contributed by atoms with van der Waals surface area (Å²) < 4.78 is 14.8. The van der Waals surface area contributed by atoms with Crippen LogP contribution in [0.2, 0.25) is 0 Å². The van der Waals surface area contributed by atoms with Crippen LogP contribution in [0.25, 0.3) is 11.4 Å². The van der Waals surface area contributed by atoms with Crippen LogP contribution >= 0.6 is 11.8 Å². The minimum absolute atomic E-state index is 0.256. The molecule has 0 aliphatic heterocycles. The summed E-state index contributed by atoms with van der Waals surface area (Å²) in [5.41, 5.74) is 2.83. The van der Waals surface area contributed by atoms with Gasteiger partial charge < -0.3 is 14.8 Å². The third kappa shape index (κ3) is 6.11. The smallest absolute Gasteiger partial charge is 0.346 e. The second-order valence-electron chi connectivity index (χ2n) is 7.88. The van der Waals surface area contributed by atoms with Gasteiger partial charge in [-0.1, -0.05) is 59.3 Å². The van der Waals surface area contributed by atoms with E-state index in [4.69, 9.17) is 9.47 Å². The van der Waals surface area contributed by atoms with Crippen molar-refractivity contribution in [2.75, 3.05) is 19.4 Å². The highest BCUT2D eigenvalue weighted by Gasteiger charge is 2.14. The molecule has 2 heterocycles. The summed E-state index contributed by atoms with van der Waals surface area (Å²) in [6, 6.07) is 25.5.